The molecule has 0 bridgehead atoms. The van der Waals surface area contributed by atoms with Crippen molar-refractivity contribution in [1.29, 1.82) is 0 Å². The van der Waals surface area contributed by atoms with E-state index in [4.69, 9.17) is 15.1 Å². The third-order valence-electron chi connectivity index (χ3n) is 6.61. The number of nitrogens with one attached hydrogen (secondary N) is 2. The fourth-order valence-electron chi connectivity index (χ4n) is 4.94. The highest BCUT2D eigenvalue weighted by molar-refractivity contribution is 6.06. The molecule has 166 valence electrons. The monoisotopic (exact) mass is 439 g/mol. The molecule has 4 aromatic rings. The number of anilines is 2. The van der Waals surface area contributed by atoms with Crippen molar-refractivity contribution in [3.8, 4) is 0 Å². The van der Waals surface area contributed by atoms with Crippen molar-refractivity contribution in [2.24, 2.45) is 0 Å². The van der Waals surface area contributed by atoms with E-state index in [1.54, 1.807) is 6.20 Å². The van der Waals surface area contributed by atoms with Crippen LogP contribution in [-0.4, -0.2) is 37.2 Å². The van der Waals surface area contributed by atoms with Crippen molar-refractivity contribution >= 4 is 28.6 Å². The highest BCUT2D eigenvalue weighted by Gasteiger charge is 2.35. The van der Waals surface area contributed by atoms with Crippen LogP contribution in [0.25, 0.3) is 11.0 Å². The maximum Gasteiger partial charge on any atom is 0.238 e. The van der Waals surface area contributed by atoms with E-state index in [1.165, 1.54) is 12.8 Å². The first-order chi connectivity index (χ1) is 16.3. The van der Waals surface area contributed by atoms with E-state index in [0.29, 0.717) is 29.9 Å². The van der Waals surface area contributed by atoms with Crippen LogP contribution in [0.5, 0.6) is 0 Å². The minimum absolute atomic E-state index is 0.0638. The smallest absolute Gasteiger partial charge is 0.238 e. The second-order valence-corrected chi connectivity index (χ2v) is 8.76. The molecule has 0 saturated heterocycles. The molecule has 1 fully saturated rings. The summed E-state index contributed by atoms with van der Waals surface area (Å²) in [6, 6.07) is 12.2. The van der Waals surface area contributed by atoms with E-state index in [9.17, 15) is 4.79 Å². The van der Waals surface area contributed by atoms with Gasteiger partial charge in [-0.2, -0.15) is 10.1 Å². The quantitative estimate of drug-likeness (QED) is 0.470. The summed E-state index contributed by atoms with van der Waals surface area (Å²) in [5.41, 5.74) is 4.26. The molecule has 8 nitrogen and oxygen atoms in total. The summed E-state index contributed by atoms with van der Waals surface area (Å²) in [6.45, 7) is 0.660. The van der Waals surface area contributed by atoms with Gasteiger partial charge in [0.05, 0.1) is 17.1 Å². The van der Waals surface area contributed by atoms with Crippen LogP contribution in [-0.2, 0) is 11.2 Å². The maximum absolute atomic E-state index is 13.0. The molecule has 1 amide bonds. The van der Waals surface area contributed by atoms with Gasteiger partial charge in [-0.3, -0.25) is 14.5 Å². The number of fused-ring (bicyclic) bond motifs is 2. The van der Waals surface area contributed by atoms with Gasteiger partial charge in [-0.1, -0.05) is 37.1 Å². The van der Waals surface area contributed by atoms with Crippen molar-refractivity contribution in [3.63, 3.8) is 0 Å². The van der Waals surface area contributed by atoms with Crippen molar-refractivity contribution in [2.45, 2.75) is 44.1 Å². The first-order valence-electron chi connectivity index (χ1n) is 11.6. The van der Waals surface area contributed by atoms with Crippen LogP contribution in [0, 0.1) is 0 Å². The summed E-state index contributed by atoms with van der Waals surface area (Å²) in [7, 11) is 0. The van der Waals surface area contributed by atoms with Crippen LogP contribution < -0.4 is 10.6 Å². The Balaban J connectivity index is 1.39. The number of nitrogens with zero attached hydrogens (tertiary/aromatic N) is 5. The SMILES string of the molecule is O=C1Nc2ccccc2C1c1nc(NCCc2cccnc2)nc2nn(C3CCCC3)cc12. The second kappa shape index (κ2) is 8.27. The average molecular weight is 440 g/mol. The molecule has 2 N–H and O–H groups in total. The number of hydrogen-bond donors (Lipinski definition) is 2. The van der Waals surface area contributed by atoms with Gasteiger partial charge < -0.3 is 10.6 Å². The summed E-state index contributed by atoms with van der Waals surface area (Å²) < 4.78 is 2.04. The number of carbonyl (C=O) groups excluding carboxylic acids is 1. The van der Waals surface area contributed by atoms with Crippen molar-refractivity contribution in [3.05, 3.63) is 71.8 Å². The predicted molar refractivity (Wildman–Crippen MR) is 126 cm³/mol. The van der Waals surface area contributed by atoms with E-state index < -0.39 is 5.92 Å². The fraction of sp³-hybridized carbons (Fsp3) is 0.320. The molecular formula is C25H25N7O. The molecular weight excluding hydrogens is 414 g/mol. The van der Waals surface area contributed by atoms with Crippen LogP contribution in [0.3, 0.4) is 0 Å². The van der Waals surface area contributed by atoms with Gasteiger partial charge in [0.15, 0.2) is 5.65 Å². The molecule has 8 heteroatoms. The number of benzene rings is 1. The Morgan fingerprint density at radius 2 is 1.97 bits per heavy atom. The Morgan fingerprint density at radius 3 is 2.82 bits per heavy atom. The van der Waals surface area contributed by atoms with Gasteiger partial charge >= 0.3 is 0 Å². The Bertz CT molecular complexity index is 1310. The molecule has 1 aromatic carbocycles. The molecule has 2 aliphatic rings. The summed E-state index contributed by atoms with van der Waals surface area (Å²) in [5, 5.41) is 12.0. The number of pyridine rings is 1. The number of para-hydroxylation sites is 1. The zero-order valence-corrected chi connectivity index (χ0v) is 18.2. The Morgan fingerprint density at radius 1 is 1.09 bits per heavy atom. The van der Waals surface area contributed by atoms with E-state index >= 15 is 0 Å². The summed E-state index contributed by atoms with van der Waals surface area (Å²) in [6.07, 6.45) is 11.2. The zero-order valence-electron chi connectivity index (χ0n) is 18.2. The topological polar surface area (TPSA) is 97.6 Å². The lowest BCUT2D eigenvalue weighted by Gasteiger charge is -2.12. The van der Waals surface area contributed by atoms with Gasteiger partial charge in [0, 0.05) is 30.8 Å². The second-order valence-electron chi connectivity index (χ2n) is 8.76. The normalized spacial score (nSPS) is 17.9. The maximum atomic E-state index is 13.0. The third-order valence-corrected chi connectivity index (χ3v) is 6.61. The van der Waals surface area contributed by atoms with Crippen molar-refractivity contribution in [1.82, 2.24) is 24.7 Å². The molecule has 6 rings (SSSR count). The summed E-state index contributed by atoms with van der Waals surface area (Å²) in [5.74, 6) is -0.0480. The van der Waals surface area contributed by atoms with Crippen LogP contribution in [0.15, 0.2) is 55.0 Å². The molecule has 1 saturated carbocycles. The van der Waals surface area contributed by atoms with Crippen LogP contribution >= 0.6 is 0 Å². The molecule has 1 aliphatic carbocycles. The summed E-state index contributed by atoms with van der Waals surface area (Å²) in [4.78, 5) is 26.8. The Hall–Kier alpha value is -3.81. The lowest BCUT2D eigenvalue weighted by atomic mass is 9.95. The first-order valence-corrected chi connectivity index (χ1v) is 11.6. The van der Waals surface area contributed by atoms with Gasteiger partial charge in [0.1, 0.15) is 5.92 Å². The predicted octanol–water partition coefficient (Wildman–Crippen LogP) is 4.08. The van der Waals surface area contributed by atoms with Gasteiger partial charge in [-0.05, 0) is 42.5 Å². The fourth-order valence-corrected chi connectivity index (χ4v) is 4.94. The number of hydrogen-bond acceptors (Lipinski definition) is 6. The Kier molecular flexibility index (Phi) is 4.97. The first kappa shape index (κ1) is 19.8. The zero-order chi connectivity index (χ0) is 22.2. The minimum Gasteiger partial charge on any atom is -0.354 e. The standard InChI is InChI=1S/C25H25N7O/c33-24-21(18-9-3-4-10-20(18)28-24)22-19-15-32(17-7-1-2-8-17)31-23(19)30-25(29-22)27-13-11-16-6-5-12-26-14-16/h3-6,9-10,12,14-15,17,21H,1-2,7-8,11,13H2,(H,28,33)(H,27,30,31). The van der Waals surface area contributed by atoms with Crippen LogP contribution in [0.2, 0.25) is 0 Å². The molecule has 3 aromatic heterocycles. The number of amides is 1. The van der Waals surface area contributed by atoms with Gasteiger partial charge in [-0.15, -0.1) is 0 Å². The Labute approximate surface area is 191 Å². The highest BCUT2D eigenvalue weighted by Crippen LogP contribution is 2.39. The lowest BCUT2D eigenvalue weighted by Crippen LogP contribution is -2.17. The van der Waals surface area contributed by atoms with Gasteiger partial charge in [-0.25, -0.2) is 4.98 Å². The van der Waals surface area contributed by atoms with Crippen molar-refractivity contribution < 1.29 is 4.79 Å². The van der Waals surface area contributed by atoms with Gasteiger partial charge in [0.2, 0.25) is 11.9 Å². The highest BCUT2D eigenvalue weighted by atomic mass is 16.2. The van der Waals surface area contributed by atoms with Crippen molar-refractivity contribution in [2.75, 3.05) is 17.2 Å². The van der Waals surface area contributed by atoms with E-state index in [2.05, 4.69) is 15.6 Å². The number of rotatable bonds is 6. The number of aromatic nitrogens is 5. The third kappa shape index (κ3) is 3.71. The molecule has 0 spiro atoms. The lowest BCUT2D eigenvalue weighted by molar-refractivity contribution is -0.116. The molecule has 33 heavy (non-hydrogen) atoms. The number of carbonyl (C=O) groups is 1. The molecule has 4 heterocycles. The molecule has 1 aliphatic heterocycles. The molecule has 0 radical (unpaired) electrons. The van der Waals surface area contributed by atoms with Gasteiger partial charge in [0.25, 0.3) is 0 Å². The van der Waals surface area contributed by atoms with E-state index in [1.807, 2.05) is 53.5 Å². The largest absolute Gasteiger partial charge is 0.354 e. The summed E-state index contributed by atoms with van der Waals surface area (Å²) >= 11 is 0. The minimum atomic E-state index is -0.480. The average Bonchev–Trinajstić information content (AvgIpc) is 3.57. The van der Waals surface area contributed by atoms with Crippen LogP contribution in [0.4, 0.5) is 11.6 Å². The molecule has 1 unspecified atom stereocenters. The molecule has 1 atom stereocenters. The van der Waals surface area contributed by atoms with E-state index in [-0.39, 0.29) is 5.91 Å². The van der Waals surface area contributed by atoms with Crippen LogP contribution in [0.1, 0.15) is 54.5 Å². The van der Waals surface area contributed by atoms with E-state index in [0.717, 1.165) is 41.5 Å².